The van der Waals surface area contributed by atoms with Gasteiger partial charge in [0.05, 0.1) is 12.3 Å². The largest absolute Gasteiger partial charge is 0.444 e. The highest BCUT2D eigenvalue weighted by Crippen LogP contribution is 2.18. The van der Waals surface area contributed by atoms with Crippen LogP contribution in [0.4, 0.5) is 9.18 Å². The molecule has 0 saturated carbocycles. The van der Waals surface area contributed by atoms with Crippen LogP contribution in [0.5, 0.6) is 0 Å². The Morgan fingerprint density at radius 1 is 1.39 bits per heavy atom. The molecular weight excluding hydrogens is 301 g/mol. The summed E-state index contributed by atoms with van der Waals surface area (Å²) in [4.78, 5) is 17.7. The van der Waals surface area contributed by atoms with E-state index in [9.17, 15) is 9.18 Å². The van der Waals surface area contributed by atoms with Crippen LogP contribution in [0, 0.1) is 5.82 Å². The summed E-state index contributed by atoms with van der Waals surface area (Å²) >= 11 is 0. The summed E-state index contributed by atoms with van der Waals surface area (Å²) in [7, 11) is 3.30. The van der Waals surface area contributed by atoms with Gasteiger partial charge in [-0.2, -0.15) is 0 Å². The number of hydrogen-bond acceptors (Lipinski definition) is 4. The van der Waals surface area contributed by atoms with Crippen LogP contribution in [0.2, 0.25) is 0 Å². The smallest absolute Gasteiger partial charge is 0.317 e. The monoisotopic (exact) mass is 321 g/mol. The Kier molecular flexibility index (Phi) is 6.10. The van der Waals surface area contributed by atoms with E-state index in [0.29, 0.717) is 37.6 Å². The summed E-state index contributed by atoms with van der Waals surface area (Å²) in [5, 5.41) is 2.80. The Morgan fingerprint density at radius 2 is 2.13 bits per heavy atom. The van der Waals surface area contributed by atoms with E-state index in [1.54, 1.807) is 37.5 Å². The van der Waals surface area contributed by atoms with Gasteiger partial charge in [0.1, 0.15) is 12.1 Å². The first kappa shape index (κ1) is 17.0. The molecule has 0 aliphatic carbocycles. The zero-order valence-electron chi connectivity index (χ0n) is 13.2. The van der Waals surface area contributed by atoms with E-state index in [4.69, 9.17) is 9.15 Å². The van der Waals surface area contributed by atoms with Gasteiger partial charge in [-0.3, -0.25) is 0 Å². The number of rotatable bonds is 7. The van der Waals surface area contributed by atoms with Crippen molar-refractivity contribution in [1.82, 2.24) is 15.2 Å². The minimum atomic E-state index is -0.305. The molecule has 1 N–H and O–H groups in total. The Balaban J connectivity index is 1.81. The molecule has 0 saturated heterocycles. The lowest BCUT2D eigenvalue weighted by molar-refractivity contribution is 0.159. The zero-order chi connectivity index (χ0) is 16.7. The van der Waals surface area contributed by atoms with Crippen LogP contribution < -0.4 is 5.32 Å². The van der Waals surface area contributed by atoms with Crippen molar-refractivity contribution in [3.8, 4) is 11.5 Å². The molecule has 0 atom stereocenters. The SMILES string of the molecule is COCCN(C)C(=O)NCCc1coc(-c2ccc(F)cc2)n1. The highest BCUT2D eigenvalue weighted by atomic mass is 19.1. The number of amides is 2. The van der Waals surface area contributed by atoms with Gasteiger partial charge in [-0.15, -0.1) is 0 Å². The van der Waals surface area contributed by atoms with Gasteiger partial charge in [-0.05, 0) is 24.3 Å². The van der Waals surface area contributed by atoms with Gasteiger partial charge in [0.25, 0.3) is 0 Å². The number of urea groups is 1. The quantitative estimate of drug-likeness (QED) is 0.850. The van der Waals surface area contributed by atoms with Crippen LogP contribution in [-0.4, -0.2) is 49.8 Å². The van der Waals surface area contributed by atoms with Crippen molar-refractivity contribution in [3.05, 3.63) is 42.0 Å². The lowest BCUT2D eigenvalue weighted by Gasteiger charge is -2.16. The Hall–Kier alpha value is -2.41. The zero-order valence-corrected chi connectivity index (χ0v) is 13.2. The highest BCUT2D eigenvalue weighted by Gasteiger charge is 2.09. The van der Waals surface area contributed by atoms with Crippen LogP contribution in [0.15, 0.2) is 34.9 Å². The molecule has 1 heterocycles. The van der Waals surface area contributed by atoms with Crippen molar-refractivity contribution in [1.29, 1.82) is 0 Å². The third kappa shape index (κ3) is 5.07. The number of aromatic nitrogens is 1. The number of halogens is 1. The molecule has 0 fully saturated rings. The predicted molar refractivity (Wildman–Crippen MR) is 83.5 cm³/mol. The molecule has 0 spiro atoms. The molecule has 6 nitrogen and oxygen atoms in total. The number of carbonyl (C=O) groups is 1. The second-order valence-electron chi connectivity index (χ2n) is 5.05. The second kappa shape index (κ2) is 8.28. The van der Waals surface area contributed by atoms with Gasteiger partial charge >= 0.3 is 6.03 Å². The summed E-state index contributed by atoms with van der Waals surface area (Å²) < 4.78 is 23.2. The molecule has 0 aliphatic rings. The molecule has 2 rings (SSSR count). The number of oxazole rings is 1. The van der Waals surface area contributed by atoms with Gasteiger partial charge in [-0.25, -0.2) is 14.2 Å². The number of hydrogen-bond donors (Lipinski definition) is 1. The van der Waals surface area contributed by atoms with Crippen molar-refractivity contribution in [2.24, 2.45) is 0 Å². The van der Waals surface area contributed by atoms with Crippen LogP contribution in [0.25, 0.3) is 11.5 Å². The molecule has 124 valence electrons. The average molecular weight is 321 g/mol. The third-order valence-electron chi connectivity index (χ3n) is 3.28. The molecule has 0 unspecified atom stereocenters. The van der Waals surface area contributed by atoms with Crippen molar-refractivity contribution in [2.45, 2.75) is 6.42 Å². The van der Waals surface area contributed by atoms with Gasteiger partial charge < -0.3 is 19.4 Å². The topological polar surface area (TPSA) is 67.6 Å². The third-order valence-corrected chi connectivity index (χ3v) is 3.28. The van der Waals surface area contributed by atoms with Crippen LogP contribution in [-0.2, 0) is 11.2 Å². The van der Waals surface area contributed by atoms with Crippen molar-refractivity contribution in [3.63, 3.8) is 0 Å². The van der Waals surface area contributed by atoms with Gasteiger partial charge in [0.15, 0.2) is 0 Å². The number of benzene rings is 1. The number of nitrogens with zero attached hydrogens (tertiary/aromatic N) is 2. The van der Waals surface area contributed by atoms with E-state index in [1.807, 2.05) is 0 Å². The van der Waals surface area contributed by atoms with E-state index in [0.717, 1.165) is 5.69 Å². The molecule has 0 aliphatic heterocycles. The molecule has 2 amide bonds. The van der Waals surface area contributed by atoms with Crippen molar-refractivity contribution in [2.75, 3.05) is 33.9 Å². The first-order valence-electron chi connectivity index (χ1n) is 7.28. The van der Waals surface area contributed by atoms with E-state index in [2.05, 4.69) is 10.3 Å². The molecule has 1 aromatic carbocycles. The average Bonchev–Trinajstić information content (AvgIpc) is 3.02. The Morgan fingerprint density at radius 3 is 2.83 bits per heavy atom. The minimum Gasteiger partial charge on any atom is -0.444 e. The number of ether oxygens (including phenoxy) is 1. The van der Waals surface area contributed by atoms with Crippen LogP contribution in [0.1, 0.15) is 5.69 Å². The first-order valence-corrected chi connectivity index (χ1v) is 7.28. The lowest BCUT2D eigenvalue weighted by atomic mass is 10.2. The molecule has 1 aromatic heterocycles. The van der Waals surface area contributed by atoms with E-state index < -0.39 is 0 Å². The fraction of sp³-hybridized carbons (Fsp3) is 0.375. The summed E-state index contributed by atoms with van der Waals surface area (Å²) in [6.07, 6.45) is 2.09. The van der Waals surface area contributed by atoms with Crippen LogP contribution in [0.3, 0.4) is 0 Å². The van der Waals surface area contributed by atoms with Crippen molar-refractivity contribution >= 4 is 6.03 Å². The first-order chi connectivity index (χ1) is 11.1. The number of likely N-dealkylation sites (N-methyl/N-ethyl adjacent to an activating group) is 1. The maximum absolute atomic E-state index is 12.9. The molecule has 0 radical (unpaired) electrons. The molecule has 2 aromatic rings. The number of nitrogens with one attached hydrogen (secondary N) is 1. The normalized spacial score (nSPS) is 10.6. The van der Waals surface area contributed by atoms with Crippen molar-refractivity contribution < 1.29 is 18.3 Å². The van der Waals surface area contributed by atoms with Crippen LogP contribution >= 0.6 is 0 Å². The van der Waals surface area contributed by atoms with Gasteiger partial charge in [0, 0.05) is 39.2 Å². The van der Waals surface area contributed by atoms with E-state index >= 15 is 0 Å². The molecular formula is C16H20FN3O3. The molecule has 7 heteroatoms. The maximum atomic E-state index is 12.9. The predicted octanol–water partition coefficient (Wildman–Crippen LogP) is 2.31. The highest BCUT2D eigenvalue weighted by molar-refractivity contribution is 5.73. The minimum absolute atomic E-state index is 0.163. The van der Waals surface area contributed by atoms with Gasteiger partial charge in [0.2, 0.25) is 5.89 Å². The fourth-order valence-electron chi connectivity index (χ4n) is 1.91. The lowest BCUT2D eigenvalue weighted by Crippen LogP contribution is -2.39. The maximum Gasteiger partial charge on any atom is 0.317 e. The summed E-state index contributed by atoms with van der Waals surface area (Å²) in [5.74, 6) is 0.129. The Bertz CT molecular complexity index is 628. The summed E-state index contributed by atoms with van der Waals surface area (Å²) in [5.41, 5.74) is 1.44. The summed E-state index contributed by atoms with van der Waals surface area (Å²) in [6.45, 7) is 1.47. The Labute approximate surface area is 134 Å². The van der Waals surface area contributed by atoms with E-state index in [1.165, 1.54) is 12.1 Å². The fourth-order valence-corrected chi connectivity index (χ4v) is 1.91. The van der Waals surface area contributed by atoms with Gasteiger partial charge in [-0.1, -0.05) is 0 Å². The second-order valence-corrected chi connectivity index (χ2v) is 5.05. The standard InChI is InChI=1S/C16H20FN3O3/c1-20(9-10-22-2)16(21)18-8-7-14-11-23-15(19-14)12-3-5-13(17)6-4-12/h3-6,11H,7-10H2,1-2H3,(H,18,21). The van der Waals surface area contributed by atoms with E-state index in [-0.39, 0.29) is 11.8 Å². The number of carbonyl (C=O) groups excluding carboxylic acids is 1. The summed E-state index contributed by atoms with van der Waals surface area (Å²) in [6, 6.07) is 5.77. The molecule has 23 heavy (non-hydrogen) atoms. The number of methoxy groups -OCH3 is 1. The molecule has 0 bridgehead atoms.